The minimum Gasteiger partial charge on any atom is -0.295 e. The smallest absolute Gasteiger partial charge is 0.271 e. The molecule has 0 saturated heterocycles. The number of aryl methyl sites for hydroxylation is 1. The van der Waals surface area contributed by atoms with Gasteiger partial charge in [0.05, 0.1) is 0 Å². The van der Waals surface area contributed by atoms with E-state index in [1.165, 1.54) is 6.92 Å². The monoisotopic (exact) mass is 260 g/mol. The number of nitrogens with zero attached hydrogens (tertiary/aromatic N) is 1. The molecule has 0 saturated carbocycles. The lowest BCUT2D eigenvalue weighted by Gasteiger charge is -2.09. The third-order valence-electron chi connectivity index (χ3n) is 2.53. The molecular formula is C11H8F4N2O. The molecule has 2 rings (SSSR count). The van der Waals surface area contributed by atoms with Gasteiger partial charge >= 0.3 is 0 Å². The summed E-state index contributed by atoms with van der Waals surface area (Å²) in [5.74, 6) is -6.28. The van der Waals surface area contributed by atoms with Gasteiger partial charge in [-0.05, 0) is 13.8 Å². The molecule has 96 valence electrons. The Morgan fingerprint density at radius 2 is 1.50 bits per heavy atom. The van der Waals surface area contributed by atoms with Crippen molar-refractivity contribution in [2.45, 2.75) is 13.8 Å². The number of halogens is 4. The number of rotatable bonds is 1. The van der Waals surface area contributed by atoms with Gasteiger partial charge in [0.2, 0.25) is 0 Å². The van der Waals surface area contributed by atoms with Crippen LogP contribution in [0.2, 0.25) is 0 Å². The van der Waals surface area contributed by atoms with Gasteiger partial charge in [-0.2, -0.15) is 0 Å². The molecule has 1 aromatic carbocycles. The van der Waals surface area contributed by atoms with E-state index in [4.69, 9.17) is 0 Å². The summed E-state index contributed by atoms with van der Waals surface area (Å²) in [6, 6.07) is 1.05. The molecule has 0 atom stereocenters. The van der Waals surface area contributed by atoms with Gasteiger partial charge in [0.15, 0.2) is 23.3 Å². The molecule has 0 amide bonds. The van der Waals surface area contributed by atoms with Crippen LogP contribution in [0, 0.1) is 37.1 Å². The second-order valence-electron chi connectivity index (χ2n) is 3.84. The van der Waals surface area contributed by atoms with E-state index in [0.717, 1.165) is 13.0 Å². The van der Waals surface area contributed by atoms with Crippen LogP contribution in [-0.4, -0.2) is 9.78 Å². The number of benzene rings is 1. The summed E-state index contributed by atoms with van der Waals surface area (Å²) >= 11 is 0. The minimum absolute atomic E-state index is 0.306. The van der Waals surface area contributed by atoms with E-state index in [1.807, 2.05) is 0 Å². The molecule has 0 unspecified atom stereocenters. The van der Waals surface area contributed by atoms with Gasteiger partial charge in [-0.3, -0.25) is 9.89 Å². The van der Waals surface area contributed by atoms with E-state index in [2.05, 4.69) is 5.10 Å². The van der Waals surface area contributed by atoms with Crippen molar-refractivity contribution in [3.8, 4) is 5.69 Å². The van der Waals surface area contributed by atoms with Gasteiger partial charge in [-0.15, -0.1) is 0 Å². The van der Waals surface area contributed by atoms with E-state index in [9.17, 15) is 22.4 Å². The average Bonchev–Trinajstić information content (AvgIpc) is 2.64. The third kappa shape index (κ3) is 1.62. The zero-order chi connectivity index (χ0) is 13.6. The average molecular weight is 260 g/mol. The number of nitrogens with one attached hydrogen (secondary N) is 1. The molecule has 0 aliphatic rings. The van der Waals surface area contributed by atoms with Crippen molar-refractivity contribution < 1.29 is 17.6 Å². The molecule has 0 fully saturated rings. The van der Waals surface area contributed by atoms with Crippen molar-refractivity contribution >= 4 is 0 Å². The van der Waals surface area contributed by atoms with Crippen LogP contribution in [0.3, 0.4) is 0 Å². The maximum absolute atomic E-state index is 13.6. The van der Waals surface area contributed by atoms with Crippen molar-refractivity contribution in [2.75, 3.05) is 0 Å². The lowest BCUT2D eigenvalue weighted by molar-refractivity contribution is 0.435. The maximum Gasteiger partial charge on any atom is 0.271 e. The van der Waals surface area contributed by atoms with Crippen LogP contribution in [0.1, 0.15) is 11.3 Å². The maximum atomic E-state index is 13.6. The number of aromatic nitrogens is 2. The molecule has 1 N–H and O–H groups in total. The second-order valence-corrected chi connectivity index (χ2v) is 3.84. The Morgan fingerprint density at radius 1 is 1.00 bits per heavy atom. The summed E-state index contributed by atoms with van der Waals surface area (Å²) in [5, 5.41) is 2.31. The zero-order valence-corrected chi connectivity index (χ0v) is 9.44. The van der Waals surface area contributed by atoms with E-state index >= 15 is 0 Å². The van der Waals surface area contributed by atoms with E-state index in [0.29, 0.717) is 10.4 Å². The molecule has 7 heteroatoms. The van der Waals surface area contributed by atoms with Gasteiger partial charge in [0.25, 0.3) is 5.56 Å². The van der Waals surface area contributed by atoms with Gasteiger partial charge in [0.1, 0.15) is 5.69 Å². The highest BCUT2D eigenvalue weighted by molar-refractivity contribution is 5.39. The highest BCUT2D eigenvalue weighted by Crippen LogP contribution is 2.25. The lowest BCUT2D eigenvalue weighted by Crippen LogP contribution is -2.19. The first-order valence-electron chi connectivity index (χ1n) is 4.96. The standard InChI is InChI=1S/C11H8F4N2O/c1-4-3-6(18)17(16-4)11-9(14)7(12)5(2)8(13)10(11)15/h3,16H,1-2H3. The summed E-state index contributed by atoms with van der Waals surface area (Å²) in [4.78, 5) is 11.4. The molecule has 0 bridgehead atoms. The Kier molecular flexibility index (Phi) is 2.76. The number of hydrogen-bond donors (Lipinski definition) is 1. The fraction of sp³-hybridized carbons (Fsp3) is 0.182. The van der Waals surface area contributed by atoms with Crippen LogP contribution >= 0.6 is 0 Å². The molecule has 0 radical (unpaired) electrons. The molecule has 0 aliphatic heterocycles. The predicted molar refractivity (Wildman–Crippen MR) is 55.7 cm³/mol. The lowest BCUT2D eigenvalue weighted by atomic mass is 10.1. The first-order valence-corrected chi connectivity index (χ1v) is 4.96. The SMILES string of the molecule is Cc1cc(=O)n(-c2c(F)c(F)c(C)c(F)c2F)[nH]1. The van der Waals surface area contributed by atoms with E-state index in [-0.39, 0.29) is 0 Å². The Hall–Kier alpha value is -2.05. The molecule has 1 aromatic heterocycles. The van der Waals surface area contributed by atoms with Crippen LogP contribution in [0.5, 0.6) is 0 Å². The van der Waals surface area contributed by atoms with E-state index < -0.39 is 40.1 Å². The third-order valence-corrected chi connectivity index (χ3v) is 2.53. The van der Waals surface area contributed by atoms with Gasteiger partial charge in [-0.25, -0.2) is 22.2 Å². The molecule has 1 heterocycles. The largest absolute Gasteiger partial charge is 0.295 e. The van der Waals surface area contributed by atoms with Crippen molar-refractivity contribution in [1.29, 1.82) is 0 Å². The van der Waals surface area contributed by atoms with Gasteiger partial charge in [-0.1, -0.05) is 0 Å². The van der Waals surface area contributed by atoms with Crippen LogP contribution in [0.25, 0.3) is 5.69 Å². The summed E-state index contributed by atoms with van der Waals surface area (Å²) in [6.45, 7) is 2.37. The summed E-state index contributed by atoms with van der Waals surface area (Å²) in [7, 11) is 0. The Bertz CT molecular complexity index is 658. The molecular weight excluding hydrogens is 252 g/mol. The van der Waals surface area contributed by atoms with Crippen molar-refractivity contribution in [3.05, 3.63) is 50.9 Å². The molecule has 18 heavy (non-hydrogen) atoms. The van der Waals surface area contributed by atoms with Crippen LogP contribution in [0.15, 0.2) is 10.9 Å². The fourth-order valence-electron chi connectivity index (χ4n) is 1.61. The number of aromatic amines is 1. The Labute approximate surface area is 98.6 Å². The van der Waals surface area contributed by atoms with Crippen molar-refractivity contribution in [1.82, 2.24) is 9.78 Å². The minimum atomic E-state index is -1.62. The summed E-state index contributed by atoms with van der Waals surface area (Å²) < 4.78 is 54.3. The predicted octanol–water partition coefficient (Wildman–Crippen LogP) is 2.34. The summed E-state index contributed by atoms with van der Waals surface area (Å²) in [6.07, 6.45) is 0. The molecule has 2 aromatic rings. The summed E-state index contributed by atoms with van der Waals surface area (Å²) in [5.41, 5.74) is -2.37. The molecule has 3 nitrogen and oxygen atoms in total. The normalized spacial score (nSPS) is 11.0. The second kappa shape index (κ2) is 4.01. The fourth-order valence-corrected chi connectivity index (χ4v) is 1.61. The zero-order valence-electron chi connectivity index (χ0n) is 9.44. The molecule has 0 spiro atoms. The van der Waals surface area contributed by atoms with E-state index in [1.54, 1.807) is 0 Å². The topological polar surface area (TPSA) is 37.8 Å². The number of hydrogen-bond acceptors (Lipinski definition) is 1. The van der Waals surface area contributed by atoms with Gasteiger partial charge < -0.3 is 0 Å². The van der Waals surface area contributed by atoms with Crippen molar-refractivity contribution in [2.24, 2.45) is 0 Å². The highest BCUT2D eigenvalue weighted by atomic mass is 19.2. The molecule has 0 aliphatic carbocycles. The highest BCUT2D eigenvalue weighted by Gasteiger charge is 2.25. The first kappa shape index (κ1) is 12.4. The van der Waals surface area contributed by atoms with Crippen LogP contribution in [-0.2, 0) is 0 Å². The number of H-pyrrole nitrogens is 1. The van der Waals surface area contributed by atoms with Crippen LogP contribution < -0.4 is 5.56 Å². The Balaban J connectivity index is 2.88. The van der Waals surface area contributed by atoms with Gasteiger partial charge in [0, 0.05) is 17.3 Å². The van der Waals surface area contributed by atoms with Crippen LogP contribution in [0.4, 0.5) is 17.6 Å². The quantitative estimate of drug-likeness (QED) is 0.620. The Morgan fingerprint density at radius 3 is 1.89 bits per heavy atom. The first-order chi connectivity index (χ1) is 8.34. The van der Waals surface area contributed by atoms with Crippen molar-refractivity contribution in [3.63, 3.8) is 0 Å².